The summed E-state index contributed by atoms with van der Waals surface area (Å²) in [5, 5.41) is 9.54. The van der Waals surface area contributed by atoms with Crippen molar-refractivity contribution in [1.29, 1.82) is 0 Å². The number of hydrogen-bond donors (Lipinski definition) is 1. The molecule has 1 aromatic heterocycles. The van der Waals surface area contributed by atoms with E-state index in [9.17, 15) is 0 Å². The molecular weight excluding hydrogens is 252 g/mol. The summed E-state index contributed by atoms with van der Waals surface area (Å²) in [7, 11) is 3.45. The summed E-state index contributed by atoms with van der Waals surface area (Å²) in [6, 6.07) is 7.59. The first kappa shape index (κ1) is 12.9. The van der Waals surface area contributed by atoms with Gasteiger partial charge in [0.1, 0.15) is 22.4 Å². The van der Waals surface area contributed by atoms with E-state index in [0.717, 1.165) is 17.1 Å². The Balaban J connectivity index is 2.54. The summed E-state index contributed by atoms with van der Waals surface area (Å²) in [5.41, 5.74) is 1.53. The van der Waals surface area contributed by atoms with Gasteiger partial charge in [0, 0.05) is 19.0 Å². The van der Waals surface area contributed by atoms with Gasteiger partial charge in [-0.15, -0.1) is 0 Å². The van der Waals surface area contributed by atoms with E-state index < -0.39 is 0 Å². The summed E-state index contributed by atoms with van der Waals surface area (Å²) < 4.78 is 7.08. The first-order chi connectivity index (χ1) is 8.69. The number of aliphatic hydroxyl groups is 1. The fourth-order valence-corrected chi connectivity index (χ4v) is 2.10. The van der Waals surface area contributed by atoms with Gasteiger partial charge in [-0.1, -0.05) is 23.7 Å². The van der Waals surface area contributed by atoms with Crippen molar-refractivity contribution in [3.8, 4) is 17.0 Å². The number of halogens is 1. The highest BCUT2D eigenvalue weighted by molar-refractivity contribution is 6.32. The fraction of sp³-hybridized carbons (Fsp3) is 0.308. The van der Waals surface area contributed by atoms with Crippen molar-refractivity contribution in [3.05, 3.63) is 35.2 Å². The first-order valence-electron chi connectivity index (χ1n) is 5.64. The van der Waals surface area contributed by atoms with Gasteiger partial charge in [0.25, 0.3) is 0 Å². The summed E-state index contributed by atoms with van der Waals surface area (Å²) in [6.07, 6.45) is 0.478. The van der Waals surface area contributed by atoms with Crippen molar-refractivity contribution in [2.75, 3.05) is 13.7 Å². The molecule has 2 rings (SSSR count). The molecule has 0 saturated carbocycles. The topological polar surface area (TPSA) is 47.3 Å². The van der Waals surface area contributed by atoms with Crippen molar-refractivity contribution in [2.45, 2.75) is 6.42 Å². The molecule has 1 aromatic carbocycles. The molecule has 0 spiro atoms. The van der Waals surface area contributed by atoms with E-state index in [2.05, 4.69) is 4.98 Å². The van der Waals surface area contributed by atoms with E-state index >= 15 is 0 Å². The average Bonchev–Trinajstić information content (AvgIpc) is 2.67. The molecule has 0 bridgehead atoms. The number of para-hydroxylation sites is 1. The highest BCUT2D eigenvalue weighted by atomic mass is 35.5. The average molecular weight is 267 g/mol. The van der Waals surface area contributed by atoms with Crippen LogP contribution in [0.15, 0.2) is 24.3 Å². The van der Waals surface area contributed by atoms with Gasteiger partial charge in [-0.05, 0) is 12.1 Å². The Hall–Kier alpha value is -1.52. The van der Waals surface area contributed by atoms with Crippen LogP contribution in [0.4, 0.5) is 0 Å². The van der Waals surface area contributed by atoms with E-state index in [1.165, 1.54) is 0 Å². The number of imidazole rings is 1. The Kier molecular flexibility index (Phi) is 3.89. The largest absolute Gasteiger partial charge is 0.496 e. The predicted octanol–water partition coefficient (Wildman–Crippen LogP) is 2.28. The Bertz CT molecular complexity index is 552. The molecule has 18 heavy (non-hydrogen) atoms. The molecule has 0 aliphatic heterocycles. The first-order valence-corrected chi connectivity index (χ1v) is 6.02. The maximum Gasteiger partial charge on any atom is 0.136 e. The molecule has 96 valence electrons. The molecule has 0 saturated heterocycles. The van der Waals surface area contributed by atoms with Gasteiger partial charge in [0.2, 0.25) is 0 Å². The van der Waals surface area contributed by atoms with Crippen molar-refractivity contribution >= 4 is 11.6 Å². The summed E-state index contributed by atoms with van der Waals surface area (Å²) in [6.45, 7) is 0.0482. The quantitative estimate of drug-likeness (QED) is 0.924. The maximum atomic E-state index is 8.99. The molecule has 2 aromatic rings. The van der Waals surface area contributed by atoms with Crippen molar-refractivity contribution in [2.24, 2.45) is 7.05 Å². The molecule has 0 radical (unpaired) electrons. The molecule has 0 aliphatic rings. The van der Waals surface area contributed by atoms with Crippen molar-refractivity contribution in [1.82, 2.24) is 9.55 Å². The second-order valence-corrected chi connectivity index (χ2v) is 4.26. The van der Waals surface area contributed by atoms with E-state index in [-0.39, 0.29) is 6.61 Å². The van der Waals surface area contributed by atoms with Crippen LogP contribution < -0.4 is 4.74 Å². The van der Waals surface area contributed by atoms with Crippen LogP contribution in [0.2, 0.25) is 5.15 Å². The van der Waals surface area contributed by atoms with Crippen LogP contribution >= 0.6 is 11.6 Å². The summed E-state index contributed by atoms with van der Waals surface area (Å²) >= 11 is 6.28. The lowest BCUT2D eigenvalue weighted by atomic mass is 10.1. The van der Waals surface area contributed by atoms with E-state index in [1.807, 2.05) is 31.3 Å². The monoisotopic (exact) mass is 266 g/mol. The Morgan fingerprint density at radius 2 is 2.11 bits per heavy atom. The number of methoxy groups -OCH3 is 1. The number of aliphatic hydroxyl groups excluding tert-OH is 1. The fourth-order valence-electron chi connectivity index (χ4n) is 1.86. The Morgan fingerprint density at radius 3 is 2.78 bits per heavy atom. The van der Waals surface area contributed by atoms with Crippen LogP contribution in [0.25, 0.3) is 11.3 Å². The number of rotatable bonds is 4. The third-order valence-corrected chi connectivity index (χ3v) is 3.25. The van der Waals surface area contributed by atoms with Crippen LogP contribution in [0.3, 0.4) is 0 Å². The minimum Gasteiger partial charge on any atom is -0.496 e. The zero-order valence-electron chi connectivity index (χ0n) is 10.4. The number of benzene rings is 1. The SMILES string of the molecule is COc1ccccc1-c1nc(CCO)n(C)c1Cl. The lowest BCUT2D eigenvalue weighted by Gasteiger charge is -2.05. The number of aromatic nitrogens is 2. The predicted molar refractivity (Wildman–Crippen MR) is 71.0 cm³/mol. The number of hydrogen-bond acceptors (Lipinski definition) is 3. The zero-order chi connectivity index (χ0) is 13.1. The molecule has 4 nitrogen and oxygen atoms in total. The van der Waals surface area contributed by atoms with E-state index in [1.54, 1.807) is 11.7 Å². The molecule has 1 N–H and O–H groups in total. The molecule has 0 aliphatic carbocycles. The Morgan fingerprint density at radius 1 is 1.39 bits per heavy atom. The van der Waals surface area contributed by atoms with Crippen molar-refractivity contribution < 1.29 is 9.84 Å². The highest BCUT2D eigenvalue weighted by Gasteiger charge is 2.16. The van der Waals surface area contributed by atoms with Crippen molar-refractivity contribution in [3.63, 3.8) is 0 Å². The molecule has 5 heteroatoms. The number of nitrogens with zero attached hydrogens (tertiary/aromatic N) is 2. The van der Waals surface area contributed by atoms with Gasteiger partial charge in [0.05, 0.1) is 13.7 Å². The standard InChI is InChI=1S/C13H15ClN2O2/c1-16-11(7-8-17)15-12(13(16)14)9-5-3-4-6-10(9)18-2/h3-6,17H,7-8H2,1-2H3. The third kappa shape index (κ3) is 2.21. The minimum atomic E-state index is 0.0482. The van der Waals surface area contributed by atoms with E-state index in [0.29, 0.717) is 17.3 Å². The van der Waals surface area contributed by atoms with Crippen LogP contribution in [0.1, 0.15) is 5.82 Å². The zero-order valence-corrected chi connectivity index (χ0v) is 11.1. The third-order valence-electron chi connectivity index (χ3n) is 2.82. The van der Waals surface area contributed by atoms with Gasteiger partial charge >= 0.3 is 0 Å². The van der Waals surface area contributed by atoms with E-state index in [4.69, 9.17) is 21.4 Å². The minimum absolute atomic E-state index is 0.0482. The second kappa shape index (κ2) is 5.42. The van der Waals surface area contributed by atoms with Crippen LogP contribution in [0, 0.1) is 0 Å². The van der Waals surface area contributed by atoms with Gasteiger partial charge in [0.15, 0.2) is 0 Å². The lowest BCUT2D eigenvalue weighted by molar-refractivity contribution is 0.295. The van der Waals surface area contributed by atoms with Gasteiger partial charge in [-0.25, -0.2) is 4.98 Å². The highest BCUT2D eigenvalue weighted by Crippen LogP contribution is 2.34. The van der Waals surface area contributed by atoms with Gasteiger partial charge in [-0.2, -0.15) is 0 Å². The van der Waals surface area contributed by atoms with Gasteiger partial charge < -0.3 is 14.4 Å². The van der Waals surface area contributed by atoms with Crippen LogP contribution in [-0.2, 0) is 13.5 Å². The summed E-state index contributed by atoms with van der Waals surface area (Å²) in [4.78, 5) is 4.47. The van der Waals surface area contributed by atoms with Crippen LogP contribution in [-0.4, -0.2) is 28.4 Å². The molecule has 0 fully saturated rings. The molecule has 0 unspecified atom stereocenters. The molecule has 0 atom stereocenters. The molecule has 1 heterocycles. The smallest absolute Gasteiger partial charge is 0.136 e. The summed E-state index contributed by atoms with van der Waals surface area (Å²) in [5.74, 6) is 1.48. The van der Waals surface area contributed by atoms with Crippen LogP contribution in [0.5, 0.6) is 5.75 Å². The van der Waals surface area contributed by atoms with Gasteiger partial charge in [-0.3, -0.25) is 0 Å². The normalized spacial score (nSPS) is 10.7. The molecular formula is C13H15ClN2O2. The Labute approximate surface area is 111 Å². The maximum absolute atomic E-state index is 8.99. The molecule has 0 amide bonds. The lowest BCUT2D eigenvalue weighted by Crippen LogP contribution is -2.00. The second-order valence-electron chi connectivity index (χ2n) is 3.90. The number of ether oxygens (including phenoxy) is 1.